The SMILES string of the molecule is CCCC(CN)NS(=O)(=O)c1cccnc1. The number of nitrogens with two attached hydrogens (primary N) is 1. The summed E-state index contributed by atoms with van der Waals surface area (Å²) in [4.78, 5) is 3.95. The average Bonchev–Trinajstić information content (AvgIpc) is 2.29. The summed E-state index contributed by atoms with van der Waals surface area (Å²) in [6.07, 6.45) is 4.47. The third kappa shape index (κ3) is 3.55. The van der Waals surface area contributed by atoms with Crippen LogP contribution in [0.4, 0.5) is 0 Å². The largest absolute Gasteiger partial charge is 0.329 e. The Morgan fingerprint density at radius 2 is 2.31 bits per heavy atom. The average molecular weight is 243 g/mol. The molecule has 0 aliphatic carbocycles. The Labute approximate surface area is 96.1 Å². The van der Waals surface area contributed by atoms with Crippen LogP contribution in [0.25, 0.3) is 0 Å². The zero-order valence-electron chi connectivity index (χ0n) is 9.26. The smallest absolute Gasteiger partial charge is 0.242 e. The third-order valence-corrected chi connectivity index (χ3v) is 3.69. The highest BCUT2D eigenvalue weighted by Gasteiger charge is 2.18. The van der Waals surface area contributed by atoms with Gasteiger partial charge in [-0.3, -0.25) is 4.98 Å². The molecule has 1 heterocycles. The summed E-state index contributed by atoms with van der Waals surface area (Å²) < 4.78 is 26.3. The van der Waals surface area contributed by atoms with E-state index in [-0.39, 0.29) is 10.9 Å². The second-order valence-corrected chi connectivity index (χ2v) is 5.25. The first kappa shape index (κ1) is 13.1. The quantitative estimate of drug-likeness (QED) is 0.761. The number of aromatic nitrogens is 1. The van der Waals surface area contributed by atoms with E-state index in [1.54, 1.807) is 6.07 Å². The maximum absolute atomic E-state index is 11.9. The first-order chi connectivity index (χ1) is 7.60. The molecule has 0 spiro atoms. The summed E-state index contributed by atoms with van der Waals surface area (Å²) in [7, 11) is -3.49. The lowest BCUT2D eigenvalue weighted by molar-refractivity contribution is 0.527. The van der Waals surface area contributed by atoms with Crippen LogP contribution >= 0.6 is 0 Å². The number of rotatable bonds is 6. The van der Waals surface area contributed by atoms with Crippen molar-refractivity contribution in [1.82, 2.24) is 9.71 Å². The van der Waals surface area contributed by atoms with Crippen molar-refractivity contribution in [2.24, 2.45) is 5.73 Å². The van der Waals surface area contributed by atoms with Crippen LogP contribution in [-0.2, 0) is 10.0 Å². The summed E-state index contributed by atoms with van der Waals surface area (Å²) >= 11 is 0. The minimum Gasteiger partial charge on any atom is -0.329 e. The van der Waals surface area contributed by atoms with E-state index in [4.69, 9.17) is 5.73 Å². The zero-order valence-corrected chi connectivity index (χ0v) is 10.1. The Bertz CT molecular complexity index is 405. The normalized spacial score (nSPS) is 13.6. The highest BCUT2D eigenvalue weighted by molar-refractivity contribution is 7.89. The van der Waals surface area contributed by atoms with Crippen LogP contribution in [-0.4, -0.2) is 26.0 Å². The van der Waals surface area contributed by atoms with Gasteiger partial charge in [0, 0.05) is 25.0 Å². The van der Waals surface area contributed by atoms with Crippen LogP contribution in [0.15, 0.2) is 29.4 Å². The number of pyridine rings is 1. The Morgan fingerprint density at radius 3 is 2.81 bits per heavy atom. The number of nitrogens with one attached hydrogen (secondary N) is 1. The van der Waals surface area contributed by atoms with E-state index in [1.165, 1.54) is 18.5 Å². The molecule has 1 unspecified atom stereocenters. The molecule has 1 atom stereocenters. The van der Waals surface area contributed by atoms with Gasteiger partial charge in [-0.25, -0.2) is 13.1 Å². The fourth-order valence-electron chi connectivity index (χ4n) is 1.37. The Kier molecular flexibility index (Phi) is 4.85. The Hall–Kier alpha value is -0.980. The molecular weight excluding hydrogens is 226 g/mol. The molecule has 0 saturated carbocycles. The first-order valence-electron chi connectivity index (χ1n) is 5.22. The number of sulfonamides is 1. The molecule has 6 heteroatoms. The summed E-state index contributed by atoms with van der Waals surface area (Å²) in [5.41, 5.74) is 5.50. The van der Waals surface area contributed by atoms with E-state index in [0.717, 1.165) is 12.8 Å². The maximum Gasteiger partial charge on any atom is 0.242 e. The molecule has 0 aromatic carbocycles. The van der Waals surface area contributed by atoms with Gasteiger partial charge in [-0.1, -0.05) is 13.3 Å². The molecule has 90 valence electrons. The van der Waals surface area contributed by atoms with Crippen molar-refractivity contribution in [1.29, 1.82) is 0 Å². The minimum absolute atomic E-state index is 0.171. The van der Waals surface area contributed by atoms with Gasteiger partial charge in [-0.05, 0) is 18.6 Å². The van der Waals surface area contributed by atoms with Gasteiger partial charge in [-0.2, -0.15) is 0 Å². The predicted molar refractivity (Wildman–Crippen MR) is 62.3 cm³/mol. The standard InChI is InChI=1S/C10H17N3O2S/c1-2-4-9(7-11)13-16(14,15)10-5-3-6-12-8-10/h3,5-6,8-9,13H,2,4,7,11H2,1H3. The molecule has 16 heavy (non-hydrogen) atoms. The van der Waals surface area contributed by atoms with E-state index in [0.29, 0.717) is 6.54 Å². The van der Waals surface area contributed by atoms with Crippen LogP contribution in [0.3, 0.4) is 0 Å². The fourth-order valence-corrected chi connectivity index (χ4v) is 2.61. The van der Waals surface area contributed by atoms with Gasteiger partial charge in [0.25, 0.3) is 0 Å². The molecule has 1 aromatic rings. The molecular formula is C10H17N3O2S. The molecule has 3 N–H and O–H groups in total. The molecule has 0 radical (unpaired) electrons. The molecule has 1 aromatic heterocycles. The van der Waals surface area contributed by atoms with Crippen molar-refractivity contribution in [3.63, 3.8) is 0 Å². The molecule has 0 amide bonds. The molecule has 0 aliphatic rings. The van der Waals surface area contributed by atoms with Gasteiger partial charge in [0.2, 0.25) is 10.0 Å². The topological polar surface area (TPSA) is 85.1 Å². The van der Waals surface area contributed by atoms with Crippen LogP contribution in [0, 0.1) is 0 Å². The van der Waals surface area contributed by atoms with Crippen LogP contribution < -0.4 is 10.5 Å². The molecule has 0 aliphatic heterocycles. The first-order valence-corrected chi connectivity index (χ1v) is 6.71. The van der Waals surface area contributed by atoms with Crippen LogP contribution in [0.1, 0.15) is 19.8 Å². The van der Waals surface area contributed by atoms with Gasteiger partial charge in [0.15, 0.2) is 0 Å². The molecule has 0 saturated heterocycles. The highest BCUT2D eigenvalue weighted by Crippen LogP contribution is 2.07. The van der Waals surface area contributed by atoms with Gasteiger partial charge < -0.3 is 5.73 Å². The van der Waals surface area contributed by atoms with Crippen LogP contribution in [0.2, 0.25) is 0 Å². The van der Waals surface area contributed by atoms with Gasteiger partial charge in [-0.15, -0.1) is 0 Å². The van der Waals surface area contributed by atoms with Crippen LogP contribution in [0.5, 0.6) is 0 Å². The lowest BCUT2D eigenvalue weighted by Crippen LogP contribution is -2.40. The van der Waals surface area contributed by atoms with E-state index < -0.39 is 10.0 Å². The second kappa shape index (κ2) is 5.93. The summed E-state index contributed by atoms with van der Waals surface area (Å²) in [5, 5.41) is 0. The van der Waals surface area contributed by atoms with Gasteiger partial charge >= 0.3 is 0 Å². The maximum atomic E-state index is 11.9. The van der Waals surface area contributed by atoms with E-state index in [9.17, 15) is 8.42 Å². The lowest BCUT2D eigenvalue weighted by Gasteiger charge is -2.15. The van der Waals surface area contributed by atoms with Crippen molar-refractivity contribution in [3.8, 4) is 0 Å². The zero-order chi connectivity index (χ0) is 12.0. The Balaban J connectivity index is 2.79. The summed E-state index contributed by atoms with van der Waals surface area (Å²) in [6.45, 7) is 2.29. The number of nitrogens with zero attached hydrogens (tertiary/aromatic N) is 1. The van der Waals surface area contributed by atoms with E-state index in [1.807, 2.05) is 6.92 Å². The van der Waals surface area contributed by atoms with Gasteiger partial charge in [0.05, 0.1) is 0 Å². The molecule has 0 bridgehead atoms. The van der Waals surface area contributed by atoms with E-state index in [2.05, 4.69) is 9.71 Å². The number of hydrogen-bond acceptors (Lipinski definition) is 4. The third-order valence-electron chi connectivity index (χ3n) is 2.19. The number of hydrogen-bond donors (Lipinski definition) is 2. The van der Waals surface area contributed by atoms with Crippen molar-refractivity contribution < 1.29 is 8.42 Å². The molecule has 5 nitrogen and oxygen atoms in total. The van der Waals surface area contributed by atoms with Gasteiger partial charge in [0.1, 0.15) is 4.90 Å². The second-order valence-electron chi connectivity index (χ2n) is 3.53. The lowest BCUT2D eigenvalue weighted by atomic mass is 10.2. The van der Waals surface area contributed by atoms with E-state index >= 15 is 0 Å². The molecule has 1 rings (SSSR count). The van der Waals surface area contributed by atoms with Crippen molar-refractivity contribution in [3.05, 3.63) is 24.5 Å². The molecule has 0 fully saturated rings. The summed E-state index contributed by atoms with van der Waals surface area (Å²) in [6, 6.07) is 2.89. The van der Waals surface area contributed by atoms with Crippen molar-refractivity contribution in [2.45, 2.75) is 30.7 Å². The van der Waals surface area contributed by atoms with Crippen molar-refractivity contribution >= 4 is 10.0 Å². The fraction of sp³-hybridized carbons (Fsp3) is 0.500. The minimum atomic E-state index is -3.49. The monoisotopic (exact) mass is 243 g/mol. The van der Waals surface area contributed by atoms with Crippen molar-refractivity contribution in [2.75, 3.05) is 6.54 Å². The highest BCUT2D eigenvalue weighted by atomic mass is 32.2. The Morgan fingerprint density at radius 1 is 1.56 bits per heavy atom. The predicted octanol–water partition coefficient (Wildman–Crippen LogP) is 0.487. The summed E-state index contributed by atoms with van der Waals surface area (Å²) in [5.74, 6) is 0.